The standard InChI is InChI=1S/C19H20O4/c1-14-12-16(23-13-15-6-4-3-5-7-15)8-9-17(14)18(20)10-11-19(21)22-2/h3-9,12H,10-11,13H2,1-2H3. The second-order valence-electron chi connectivity index (χ2n) is 5.25. The third-order valence-corrected chi connectivity index (χ3v) is 3.53. The van der Waals surface area contributed by atoms with Crippen LogP contribution in [0.2, 0.25) is 0 Å². The Labute approximate surface area is 136 Å². The van der Waals surface area contributed by atoms with Crippen LogP contribution in [0, 0.1) is 6.92 Å². The van der Waals surface area contributed by atoms with Gasteiger partial charge in [0.25, 0.3) is 0 Å². The lowest BCUT2D eigenvalue weighted by Crippen LogP contribution is -2.07. The number of rotatable bonds is 7. The maximum Gasteiger partial charge on any atom is 0.305 e. The number of esters is 1. The van der Waals surface area contributed by atoms with Gasteiger partial charge in [-0.15, -0.1) is 0 Å². The summed E-state index contributed by atoms with van der Waals surface area (Å²) in [6, 6.07) is 15.3. The molecule has 0 aliphatic carbocycles. The normalized spacial score (nSPS) is 10.2. The van der Waals surface area contributed by atoms with E-state index in [1.807, 2.05) is 43.3 Å². The summed E-state index contributed by atoms with van der Waals surface area (Å²) in [5.41, 5.74) is 2.54. The first-order chi connectivity index (χ1) is 11.1. The maximum absolute atomic E-state index is 12.1. The summed E-state index contributed by atoms with van der Waals surface area (Å²) in [5, 5.41) is 0. The van der Waals surface area contributed by atoms with Gasteiger partial charge in [0.15, 0.2) is 5.78 Å². The molecule has 2 aromatic rings. The molecule has 4 heteroatoms. The zero-order valence-electron chi connectivity index (χ0n) is 13.4. The monoisotopic (exact) mass is 312 g/mol. The van der Waals surface area contributed by atoms with Crippen LogP contribution in [-0.2, 0) is 16.1 Å². The van der Waals surface area contributed by atoms with E-state index in [0.717, 1.165) is 16.9 Å². The Morgan fingerprint density at radius 1 is 1.00 bits per heavy atom. The van der Waals surface area contributed by atoms with Crippen molar-refractivity contribution in [3.05, 3.63) is 65.2 Å². The quantitative estimate of drug-likeness (QED) is 0.578. The summed E-state index contributed by atoms with van der Waals surface area (Å²) in [6.45, 7) is 2.34. The first-order valence-corrected chi connectivity index (χ1v) is 7.47. The lowest BCUT2D eigenvalue weighted by molar-refractivity contribution is -0.140. The maximum atomic E-state index is 12.1. The van der Waals surface area contributed by atoms with Gasteiger partial charge in [0.05, 0.1) is 13.5 Å². The van der Waals surface area contributed by atoms with Gasteiger partial charge in [-0.1, -0.05) is 30.3 Å². The fourth-order valence-corrected chi connectivity index (χ4v) is 2.23. The molecule has 0 aliphatic heterocycles. The van der Waals surface area contributed by atoms with Crippen molar-refractivity contribution < 1.29 is 19.1 Å². The highest BCUT2D eigenvalue weighted by Crippen LogP contribution is 2.20. The van der Waals surface area contributed by atoms with E-state index in [0.29, 0.717) is 12.2 Å². The summed E-state index contributed by atoms with van der Waals surface area (Å²) in [4.78, 5) is 23.2. The van der Waals surface area contributed by atoms with Crippen molar-refractivity contribution in [3.8, 4) is 5.75 Å². The lowest BCUT2D eigenvalue weighted by atomic mass is 10.0. The highest BCUT2D eigenvalue weighted by Gasteiger charge is 2.12. The molecule has 0 bridgehead atoms. The molecule has 0 aliphatic rings. The van der Waals surface area contributed by atoms with Crippen LogP contribution in [0.1, 0.15) is 34.3 Å². The molecule has 2 rings (SSSR count). The zero-order valence-corrected chi connectivity index (χ0v) is 13.4. The lowest BCUT2D eigenvalue weighted by Gasteiger charge is -2.10. The Morgan fingerprint density at radius 2 is 1.74 bits per heavy atom. The van der Waals surface area contributed by atoms with E-state index in [1.54, 1.807) is 12.1 Å². The molecule has 4 nitrogen and oxygen atoms in total. The van der Waals surface area contributed by atoms with E-state index in [-0.39, 0.29) is 24.6 Å². The van der Waals surface area contributed by atoms with Gasteiger partial charge in [0.1, 0.15) is 12.4 Å². The molecule has 0 N–H and O–H groups in total. The number of hydrogen-bond acceptors (Lipinski definition) is 4. The highest BCUT2D eigenvalue weighted by atomic mass is 16.5. The minimum atomic E-state index is -0.376. The molecule has 0 atom stereocenters. The molecule has 0 saturated heterocycles. The van der Waals surface area contributed by atoms with Crippen LogP contribution in [-0.4, -0.2) is 18.9 Å². The van der Waals surface area contributed by atoms with Crippen molar-refractivity contribution >= 4 is 11.8 Å². The molecule has 0 heterocycles. The Morgan fingerprint density at radius 3 is 2.39 bits per heavy atom. The number of methoxy groups -OCH3 is 1. The molecule has 120 valence electrons. The van der Waals surface area contributed by atoms with Gasteiger partial charge in [-0.2, -0.15) is 0 Å². The van der Waals surface area contributed by atoms with E-state index in [4.69, 9.17) is 4.74 Å². The Bertz CT molecular complexity index is 677. The predicted molar refractivity (Wildman–Crippen MR) is 87.5 cm³/mol. The zero-order chi connectivity index (χ0) is 16.7. The smallest absolute Gasteiger partial charge is 0.305 e. The molecule has 0 unspecified atom stereocenters. The molecule has 0 amide bonds. The van der Waals surface area contributed by atoms with Gasteiger partial charge in [0, 0.05) is 12.0 Å². The fourth-order valence-electron chi connectivity index (χ4n) is 2.23. The second-order valence-corrected chi connectivity index (χ2v) is 5.25. The van der Waals surface area contributed by atoms with Crippen molar-refractivity contribution in [1.82, 2.24) is 0 Å². The van der Waals surface area contributed by atoms with Crippen LogP contribution in [0.3, 0.4) is 0 Å². The van der Waals surface area contributed by atoms with Crippen LogP contribution in [0.25, 0.3) is 0 Å². The number of benzene rings is 2. The SMILES string of the molecule is COC(=O)CCC(=O)c1ccc(OCc2ccccc2)cc1C. The summed E-state index contributed by atoms with van der Waals surface area (Å²) in [7, 11) is 1.32. The molecule has 0 saturated carbocycles. The van der Waals surface area contributed by atoms with Crippen molar-refractivity contribution in [3.63, 3.8) is 0 Å². The van der Waals surface area contributed by atoms with Gasteiger partial charge in [-0.05, 0) is 36.2 Å². The number of aryl methyl sites for hydroxylation is 1. The summed E-state index contributed by atoms with van der Waals surface area (Å²) >= 11 is 0. The van der Waals surface area contributed by atoms with E-state index >= 15 is 0 Å². The summed E-state index contributed by atoms with van der Waals surface area (Å²) < 4.78 is 10.3. The number of ether oxygens (including phenoxy) is 2. The number of carbonyl (C=O) groups excluding carboxylic acids is 2. The molecule has 23 heavy (non-hydrogen) atoms. The number of Topliss-reactive ketones (excluding diaryl/α,β-unsaturated/α-hetero) is 1. The summed E-state index contributed by atoms with van der Waals surface area (Å²) in [5.74, 6) is 0.275. The van der Waals surface area contributed by atoms with Gasteiger partial charge in [-0.25, -0.2) is 0 Å². The topological polar surface area (TPSA) is 52.6 Å². The van der Waals surface area contributed by atoms with Crippen molar-refractivity contribution in [2.24, 2.45) is 0 Å². The molecule has 0 aromatic heterocycles. The van der Waals surface area contributed by atoms with Gasteiger partial charge in [-0.3, -0.25) is 9.59 Å². The number of hydrogen-bond donors (Lipinski definition) is 0. The van der Waals surface area contributed by atoms with Gasteiger partial charge < -0.3 is 9.47 Å². The van der Waals surface area contributed by atoms with E-state index < -0.39 is 0 Å². The summed E-state index contributed by atoms with van der Waals surface area (Å²) in [6.07, 6.45) is 0.249. The first-order valence-electron chi connectivity index (χ1n) is 7.47. The van der Waals surface area contributed by atoms with Crippen LogP contribution >= 0.6 is 0 Å². The van der Waals surface area contributed by atoms with Crippen molar-refractivity contribution in [2.75, 3.05) is 7.11 Å². The molecule has 0 radical (unpaired) electrons. The molecule has 2 aromatic carbocycles. The fraction of sp³-hybridized carbons (Fsp3) is 0.263. The Hall–Kier alpha value is -2.62. The molecular weight excluding hydrogens is 292 g/mol. The third-order valence-electron chi connectivity index (χ3n) is 3.53. The predicted octanol–water partition coefficient (Wildman–Crippen LogP) is 3.71. The number of carbonyl (C=O) groups is 2. The second kappa shape index (κ2) is 8.13. The van der Waals surface area contributed by atoms with Gasteiger partial charge in [0.2, 0.25) is 0 Å². The van der Waals surface area contributed by atoms with Crippen LogP contribution in [0.4, 0.5) is 0 Å². The van der Waals surface area contributed by atoms with Crippen LogP contribution in [0.5, 0.6) is 5.75 Å². The average Bonchev–Trinajstić information content (AvgIpc) is 2.58. The minimum Gasteiger partial charge on any atom is -0.489 e. The Balaban J connectivity index is 1.97. The Kier molecular flexibility index (Phi) is 5.92. The molecular formula is C19H20O4. The van der Waals surface area contributed by atoms with Crippen molar-refractivity contribution in [1.29, 1.82) is 0 Å². The highest BCUT2D eigenvalue weighted by molar-refractivity contribution is 5.98. The van der Waals surface area contributed by atoms with E-state index in [9.17, 15) is 9.59 Å². The van der Waals surface area contributed by atoms with Gasteiger partial charge >= 0.3 is 5.97 Å². The van der Waals surface area contributed by atoms with Crippen molar-refractivity contribution in [2.45, 2.75) is 26.4 Å². The third kappa shape index (κ3) is 4.95. The van der Waals surface area contributed by atoms with E-state index in [2.05, 4.69) is 4.74 Å². The average molecular weight is 312 g/mol. The number of ketones is 1. The molecule has 0 fully saturated rings. The van der Waals surface area contributed by atoms with E-state index in [1.165, 1.54) is 7.11 Å². The minimum absolute atomic E-state index is 0.0671. The van der Waals surface area contributed by atoms with Crippen LogP contribution < -0.4 is 4.74 Å². The first kappa shape index (κ1) is 16.7. The van der Waals surface area contributed by atoms with Crippen LogP contribution in [0.15, 0.2) is 48.5 Å². The largest absolute Gasteiger partial charge is 0.489 e. The molecule has 0 spiro atoms.